The molecule has 0 saturated carbocycles. The van der Waals surface area contributed by atoms with Gasteiger partial charge >= 0.3 is 5.82 Å². The zero-order valence-electron chi connectivity index (χ0n) is 10.8. The van der Waals surface area contributed by atoms with Gasteiger partial charge in [0.2, 0.25) is 11.6 Å². The summed E-state index contributed by atoms with van der Waals surface area (Å²) in [5, 5.41) is 21.5. The highest BCUT2D eigenvalue weighted by Crippen LogP contribution is 2.23. The third-order valence-corrected chi connectivity index (χ3v) is 2.80. The molecule has 0 aliphatic rings. The molecule has 0 spiro atoms. The van der Waals surface area contributed by atoms with Crippen LogP contribution in [-0.2, 0) is 13.6 Å². The van der Waals surface area contributed by atoms with Crippen LogP contribution in [0.1, 0.15) is 12.2 Å². The molecule has 19 heavy (non-hydrogen) atoms. The standard InChI is InChI=1S/C10H15N7O2/c1-8-13-10(17(18)19)9(15(8)2)11-4-3-6-16-7-5-12-14-16/h5,7,11H,3-4,6H2,1-2H3. The molecule has 0 aromatic carbocycles. The fraction of sp³-hybridized carbons (Fsp3) is 0.500. The van der Waals surface area contributed by atoms with E-state index in [0.29, 0.717) is 24.7 Å². The molecule has 2 rings (SSSR count). The Bertz CT molecular complexity index is 561. The molecule has 1 N–H and O–H groups in total. The Hall–Kier alpha value is -2.45. The SMILES string of the molecule is Cc1nc([N+](=O)[O-])c(NCCCn2ccnn2)n1C. The number of nitrogens with zero attached hydrogens (tertiary/aromatic N) is 6. The average molecular weight is 265 g/mol. The number of nitro groups is 1. The molecule has 0 aliphatic heterocycles. The predicted molar refractivity (Wildman–Crippen MR) is 67.7 cm³/mol. The second kappa shape index (κ2) is 5.46. The lowest BCUT2D eigenvalue weighted by atomic mass is 10.4. The van der Waals surface area contributed by atoms with E-state index in [9.17, 15) is 10.1 Å². The molecule has 0 saturated heterocycles. The van der Waals surface area contributed by atoms with Crippen molar-refractivity contribution in [2.75, 3.05) is 11.9 Å². The van der Waals surface area contributed by atoms with Crippen LogP contribution in [0.2, 0.25) is 0 Å². The number of anilines is 1. The summed E-state index contributed by atoms with van der Waals surface area (Å²) >= 11 is 0. The molecule has 0 amide bonds. The van der Waals surface area contributed by atoms with Crippen molar-refractivity contribution in [2.45, 2.75) is 19.9 Å². The zero-order chi connectivity index (χ0) is 13.8. The fourth-order valence-corrected chi connectivity index (χ4v) is 1.72. The molecule has 0 bridgehead atoms. The van der Waals surface area contributed by atoms with Crippen molar-refractivity contribution in [3.8, 4) is 0 Å². The molecule has 9 heteroatoms. The van der Waals surface area contributed by atoms with E-state index in [0.717, 1.165) is 6.42 Å². The minimum Gasteiger partial charge on any atom is -0.364 e. The van der Waals surface area contributed by atoms with Gasteiger partial charge in [0, 0.05) is 33.3 Å². The second-order valence-electron chi connectivity index (χ2n) is 4.09. The van der Waals surface area contributed by atoms with Crippen LogP contribution < -0.4 is 5.32 Å². The van der Waals surface area contributed by atoms with E-state index in [1.54, 1.807) is 35.6 Å². The summed E-state index contributed by atoms with van der Waals surface area (Å²) in [7, 11) is 1.75. The predicted octanol–water partition coefficient (Wildman–Crippen LogP) is 0.730. The third-order valence-electron chi connectivity index (χ3n) is 2.80. The van der Waals surface area contributed by atoms with E-state index in [2.05, 4.69) is 20.6 Å². The third kappa shape index (κ3) is 2.87. The van der Waals surface area contributed by atoms with Gasteiger partial charge in [-0.2, -0.15) is 0 Å². The first kappa shape index (κ1) is 13.0. The molecular weight excluding hydrogens is 250 g/mol. The number of aryl methyl sites for hydroxylation is 2. The molecule has 9 nitrogen and oxygen atoms in total. The van der Waals surface area contributed by atoms with Crippen molar-refractivity contribution in [2.24, 2.45) is 7.05 Å². The molecule has 0 fully saturated rings. The van der Waals surface area contributed by atoms with Gasteiger partial charge in [-0.05, 0) is 16.3 Å². The van der Waals surface area contributed by atoms with Crippen LogP contribution in [0.5, 0.6) is 0 Å². The minimum absolute atomic E-state index is 0.138. The number of aromatic nitrogens is 5. The summed E-state index contributed by atoms with van der Waals surface area (Å²) in [6, 6.07) is 0. The van der Waals surface area contributed by atoms with E-state index in [1.807, 2.05) is 0 Å². The van der Waals surface area contributed by atoms with E-state index >= 15 is 0 Å². The van der Waals surface area contributed by atoms with Crippen LogP contribution in [0, 0.1) is 17.0 Å². The Morgan fingerprint density at radius 3 is 2.95 bits per heavy atom. The van der Waals surface area contributed by atoms with Gasteiger partial charge in [0.15, 0.2) is 0 Å². The molecule has 102 valence electrons. The van der Waals surface area contributed by atoms with Gasteiger partial charge in [-0.25, -0.2) is 0 Å². The molecule has 2 aromatic rings. The molecule has 0 atom stereocenters. The van der Waals surface area contributed by atoms with Gasteiger partial charge in [-0.15, -0.1) is 5.10 Å². The molecular formula is C10H15N7O2. The number of rotatable bonds is 6. The Balaban J connectivity index is 1.93. The lowest BCUT2D eigenvalue weighted by Crippen LogP contribution is -2.10. The van der Waals surface area contributed by atoms with E-state index in [4.69, 9.17) is 0 Å². The summed E-state index contributed by atoms with van der Waals surface area (Å²) in [4.78, 5) is 14.3. The lowest BCUT2D eigenvalue weighted by Gasteiger charge is -2.06. The first-order valence-electron chi connectivity index (χ1n) is 5.85. The lowest BCUT2D eigenvalue weighted by molar-refractivity contribution is -0.388. The highest BCUT2D eigenvalue weighted by atomic mass is 16.6. The van der Waals surface area contributed by atoms with Crippen LogP contribution in [0.15, 0.2) is 12.4 Å². The van der Waals surface area contributed by atoms with Crippen molar-refractivity contribution in [3.05, 3.63) is 28.3 Å². The van der Waals surface area contributed by atoms with Crippen molar-refractivity contribution in [1.29, 1.82) is 0 Å². The van der Waals surface area contributed by atoms with Gasteiger partial charge in [0.25, 0.3) is 0 Å². The van der Waals surface area contributed by atoms with Crippen molar-refractivity contribution >= 4 is 11.6 Å². The monoisotopic (exact) mass is 265 g/mol. The van der Waals surface area contributed by atoms with Crippen LogP contribution in [0.3, 0.4) is 0 Å². The van der Waals surface area contributed by atoms with Crippen molar-refractivity contribution < 1.29 is 4.92 Å². The Morgan fingerprint density at radius 1 is 1.53 bits per heavy atom. The Kier molecular flexibility index (Phi) is 3.74. The van der Waals surface area contributed by atoms with Gasteiger partial charge in [-0.1, -0.05) is 5.21 Å². The normalized spacial score (nSPS) is 10.6. The largest absolute Gasteiger partial charge is 0.406 e. The van der Waals surface area contributed by atoms with E-state index < -0.39 is 4.92 Å². The first-order chi connectivity index (χ1) is 9.09. The maximum atomic E-state index is 10.9. The highest BCUT2D eigenvalue weighted by Gasteiger charge is 2.22. The van der Waals surface area contributed by atoms with Crippen LogP contribution >= 0.6 is 0 Å². The zero-order valence-corrected chi connectivity index (χ0v) is 10.8. The number of hydrogen-bond acceptors (Lipinski definition) is 6. The molecule has 0 radical (unpaired) electrons. The minimum atomic E-state index is -0.479. The summed E-state index contributed by atoms with van der Waals surface area (Å²) in [6.45, 7) is 3.03. The van der Waals surface area contributed by atoms with Crippen molar-refractivity contribution in [1.82, 2.24) is 24.5 Å². The molecule has 0 unspecified atom stereocenters. The Morgan fingerprint density at radius 2 is 2.32 bits per heavy atom. The average Bonchev–Trinajstić information content (AvgIpc) is 2.97. The van der Waals surface area contributed by atoms with Gasteiger partial charge < -0.3 is 15.4 Å². The van der Waals surface area contributed by atoms with Crippen LogP contribution in [0.4, 0.5) is 11.6 Å². The summed E-state index contributed by atoms with van der Waals surface area (Å²) < 4.78 is 3.39. The Labute approximate surface area is 109 Å². The second-order valence-corrected chi connectivity index (χ2v) is 4.09. The fourth-order valence-electron chi connectivity index (χ4n) is 1.72. The smallest absolute Gasteiger partial charge is 0.364 e. The maximum Gasteiger partial charge on any atom is 0.406 e. The van der Waals surface area contributed by atoms with Crippen LogP contribution in [0.25, 0.3) is 0 Å². The van der Waals surface area contributed by atoms with Gasteiger partial charge in [-0.3, -0.25) is 9.25 Å². The maximum absolute atomic E-state index is 10.9. The quantitative estimate of drug-likeness (QED) is 0.469. The molecule has 2 heterocycles. The molecule has 0 aliphatic carbocycles. The first-order valence-corrected chi connectivity index (χ1v) is 5.85. The van der Waals surface area contributed by atoms with Crippen molar-refractivity contribution in [3.63, 3.8) is 0 Å². The summed E-state index contributed by atoms with van der Waals surface area (Å²) in [6.07, 6.45) is 4.17. The van der Waals surface area contributed by atoms with Gasteiger partial charge in [0.1, 0.15) is 0 Å². The highest BCUT2D eigenvalue weighted by molar-refractivity contribution is 5.53. The van der Waals surface area contributed by atoms with Gasteiger partial charge in [0.05, 0.1) is 6.20 Å². The number of nitrogens with one attached hydrogen (secondary N) is 1. The topological polar surface area (TPSA) is 104 Å². The van der Waals surface area contributed by atoms with Crippen LogP contribution in [-0.4, -0.2) is 36.0 Å². The number of imidazole rings is 1. The summed E-state index contributed by atoms with van der Waals surface area (Å²) in [5.74, 6) is 0.896. The molecule has 2 aromatic heterocycles. The van der Waals surface area contributed by atoms with E-state index in [1.165, 1.54) is 0 Å². The van der Waals surface area contributed by atoms with E-state index in [-0.39, 0.29) is 5.82 Å². The number of hydrogen-bond donors (Lipinski definition) is 1. The summed E-state index contributed by atoms with van der Waals surface area (Å²) in [5.41, 5.74) is 0.